The summed E-state index contributed by atoms with van der Waals surface area (Å²) in [7, 11) is 1.19. The van der Waals surface area contributed by atoms with Crippen molar-refractivity contribution in [1.29, 1.82) is 0 Å². The highest BCUT2D eigenvalue weighted by Gasteiger charge is 2.48. The van der Waals surface area contributed by atoms with Crippen molar-refractivity contribution in [2.75, 3.05) is 7.05 Å². The zero-order valence-corrected chi connectivity index (χ0v) is 14.5. The molecule has 0 radical (unpaired) electrons. The zero-order valence-electron chi connectivity index (χ0n) is 14.5. The number of carbonyl (C=O) groups excluding carboxylic acids is 2. The van der Waals surface area contributed by atoms with Crippen LogP contribution in [0.3, 0.4) is 0 Å². The van der Waals surface area contributed by atoms with Crippen LogP contribution in [0.4, 0.5) is 18.0 Å². The quantitative estimate of drug-likeness (QED) is 0.729. The predicted molar refractivity (Wildman–Crippen MR) is 81.3 cm³/mol. The van der Waals surface area contributed by atoms with Crippen LogP contribution in [0.25, 0.3) is 0 Å². The highest BCUT2D eigenvalue weighted by Crippen LogP contribution is 2.37. The maximum Gasteiger partial charge on any atom is 0.471 e. The molecule has 0 spiro atoms. The third-order valence-corrected chi connectivity index (χ3v) is 4.66. The van der Waals surface area contributed by atoms with Gasteiger partial charge in [0.15, 0.2) is 0 Å². The third-order valence-electron chi connectivity index (χ3n) is 4.66. The number of nitrogens with zero attached hydrogens (tertiary/aromatic N) is 2. The number of alkyl halides is 3. The standard InChI is InChI=1S/C16H25F3N2O3/c1-15(2,3)24-14(23)21-10-6-5-7-11(21)9-12(8-10)20(4)13(22)16(17,18)19/h10-12H,5-9H2,1-4H3/t10-,11+,12?. The van der Waals surface area contributed by atoms with E-state index in [1.54, 1.807) is 25.7 Å². The van der Waals surface area contributed by atoms with Gasteiger partial charge in [0.2, 0.25) is 0 Å². The van der Waals surface area contributed by atoms with E-state index in [0.717, 1.165) is 24.2 Å². The molecule has 0 aromatic heterocycles. The minimum absolute atomic E-state index is 0.180. The molecule has 138 valence electrons. The number of fused-ring (bicyclic) bond motifs is 2. The average molecular weight is 350 g/mol. The molecule has 2 heterocycles. The van der Waals surface area contributed by atoms with Crippen LogP contribution >= 0.6 is 0 Å². The number of carbonyl (C=O) groups is 2. The maximum absolute atomic E-state index is 12.7. The van der Waals surface area contributed by atoms with Crippen molar-refractivity contribution in [3.05, 3.63) is 0 Å². The lowest BCUT2D eigenvalue weighted by Gasteiger charge is -2.50. The fourth-order valence-corrected chi connectivity index (χ4v) is 3.65. The number of amides is 2. The van der Waals surface area contributed by atoms with Gasteiger partial charge in [-0.3, -0.25) is 4.79 Å². The van der Waals surface area contributed by atoms with Gasteiger partial charge in [0.1, 0.15) is 5.60 Å². The van der Waals surface area contributed by atoms with E-state index in [9.17, 15) is 22.8 Å². The second kappa shape index (κ2) is 6.44. The topological polar surface area (TPSA) is 49.9 Å². The van der Waals surface area contributed by atoms with E-state index in [0.29, 0.717) is 12.8 Å². The Bertz CT molecular complexity index is 488. The minimum Gasteiger partial charge on any atom is -0.444 e. The molecular weight excluding hydrogens is 325 g/mol. The van der Waals surface area contributed by atoms with Gasteiger partial charge >= 0.3 is 18.2 Å². The Kier molecular flexibility index (Phi) is 5.06. The summed E-state index contributed by atoms with van der Waals surface area (Å²) < 4.78 is 43.4. The van der Waals surface area contributed by atoms with Crippen molar-refractivity contribution in [2.24, 2.45) is 0 Å². The van der Waals surface area contributed by atoms with Crippen LogP contribution < -0.4 is 0 Å². The normalized spacial score (nSPS) is 27.6. The van der Waals surface area contributed by atoms with Crippen LogP contribution in [0.5, 0.6) is 0 Å². The van der Waals surface area contributed by atoms with Crippen molar-refractivity contribution in [3.8, 4) is 0 Å². The molecule has 2 amide bonds. The fraction of sp³-hybridized carbons (Fsp3) is 0.875. The zero-order chi connectivity index (χ0) is 18.3. The molecule has 0 saturated carbocycles. The van der Waals surface area contributed by atoms with Gasteiger partial charge in [-0.05, 0) is 52.9 Å². The lowest BCUT2D eigenvalue weighted by atomic mass is 9.81. The summed E-state index contributed by atoms with van der Waals surface area (Å²) in [5.41, 5.74) is -0.620. The predicted octanol–water partition coefficient (Wildman–Crippen LogP) is 3.33. The van der Waals surface area contributed by atoms with Crippen LogP contribution in [0.1, 0.15) is 52.9 Å². The van der Waals surface area contributed by atoms with E-state index in [1.165, 1.54) is 7.05 Å². The molecule has 8 heteroatoms. The number of piperidine rings is 2. The first kappa shape index (κ1) is 18.9. The Labute approximate surface area is 140 Å². The Hall–Kier alpha value is -1.47. The van der Waals surface area contributed by atoms with Crippen LogP contribution in [-0.2, 0) is 9.53 Å². The number of ether oxygens (including phenoxy) is 1. The summed E-state index contributed by atoms with van der Waals surface area (Å²) >= 11 is 0. The molecule has 0 N–H and O–H groups in total. The average Bonchev–Trinajstić information content (AvgIpc) is 2.41. The summed E-state index contributed by atoms with van der Waals surface area (Å²) in [6.45, 7) is 5.34. The Morgan fingerprint density at radius 2 is 1.58 bits per heavy atom. The van der Waals surface area contributed by atoms with E-state index >= 15 is 0 Å². The lowest BCUT2D eigenvalue weighted by Crippen LogP contribution is -2.60. The van der Waals surface area contributed by atoms with Crippen LogP contribution in [-0.4, -0.2) is 58.8 Å². The monoisotopic (exact) mass is 350 g/mol. The molecule has 0 aromatic carbocycles. The Morgan fingerprint density at radius 1 is 1.08 bits per heavy atom. The van der Waals surface area contributed by atoms with Gasteiger partial charge in [0, 0.05) is 25.2 Å². The summed E-state index contributed by atoms with van der Waals surface area (Å²) in [4.78, 5) is 26.4. The van der Waals surface area contributed by atoms with Crippen molar-refractivity contribution < 1.29 is 27.5 Å². The molecule has 24 heavy (non-hydrogen) atoms. The molecule has 0 aliphatic carbocycles. The molecule has 2 bridgehead atoms. The van der Waals surface area contributed by atoms with Crippen molar-refractivity contribution in [1.82, 2.24) is 9.80 Å². The van der Waals surface area contributed by atoms with Crippen molar-refractivity contribution >= 4 is 12.0 Å². The second-order valence-corrected chi connectivity index (χ2v) is 7.67. The van der Waals surface area contributed by atoms with Crippen LogP contribution in [0, 0.1) is 0 Å². The van der Waals surface area contributed by atoms with Crippen LogP contribution in [0.2, 0.25) is 0 Å². The highest BCUT2D eigenvalue weighted by molar-refractivity contribution is 5.82. The van der Waals surface area contributed by atoms with Gasteiger partial charge in [0.25, 0.3) is 0 Å². The van der Waals surface area contributed by atoms with Gasteiger partial charge < -0.3 is 14.5 Å². The molecule has 2 rings (SSSR count). The molecule has 1 unspecified atom stereocenters. The van der Waals surface area contributed by atoms with Crippen molar-refractivity contribution in [3.63, 3.8) is 0 Å². The van der Waals surface area contributed by atoms with Gasteiger partial charge in [-0.2, -0.15) is 13.2 Å². The first-order valence-electron chi connectivity index (χ1n) is 8.25. The fourth-order valence-electron chi connectivity index (χ4n) is 3.65. The molecule has 2 aliphatic rings. The smallest absolute Gasteiger partial charge is 0.444 e. The Morgan fingerprint density at radius 3 is 2.00 bits per heavy atom. The van der Waals surface area contributed by atoms with Gasteiger partial charge in [-0.1, -0.05) is 0 Å². The summed E-state index contributed by atoms with van der Waals surface area (Å²) in [6, 6.07) is -0.866. The molecule has 5 nitrogen and oxygen atoms in total. The number of rotatable bonds is 1. The molecular formula is C16H25F3N2O3. The third kappa shape index (κ3) is 4.13. The Balaban J connectivity index is 2.10. The number of hydrogen-bond acceptors (Lipinski definition) is 3. The minimum atomic E-state index is -4.87. The summed E-state index contributed by atoms with van der Waals surface area (Å²) in [6.07, 6.45) is -2.20. The van der Waals surface area contributed by atoms with E-state index in [4.69, 9.17) is 4.74 Å². The molecule has 2 fully saturated rings. The van der Waals surface area contributed by atoms with E-state index < -0.39 is 29.8 Å². The highest BCUT2D eigenvalue weighted by atomic mass is 19.4. The second-order valence-electron chi connectivity index (χ2n) is 7.67. The molecule has 2 saturated heterocycles. The van der Waals surface area contributed by atoms with E-state index in [2.05, 4.69) is 0 Å². The first-order valence-corrected chi connectivity index (χ1v) is 8.25. The molecule has 2 aliphatic heterocycles. The lowest BCUT2D eigenvalue weighted by molar-refractivity contribution is -0.187. The van der Waals surface area contributed by atoms with E-state index in [-0.39, 0.29) is 12.1 Å². The molecule has 3 atom stereocenters. The SMILES string of the molecule is CN(C(=O)C(F)(F)F)C1C[C@H]2CCC[C@@H](C1)N2C(=O)OC(C)(C)C. The summed E-state index contributed by atoms with van der Waals surface area (Å²) in [5.74, 6) is -1.82. The van der Waals surface area contributed by atoms with Crippen LogP contribution in [0.15, 0.2) is 0 Å². The molecule has 0 aromatic rings. The number of hydrogen-bond donors (Lipinski definition) is 0. The maximum atomic E-state index is 12.7. The van der Waals surface area contributed by atoms with E-state index in [1.807, 2.05) is 0 Å². The van der Waals surface area contributed by atoms with Crippen molar-refractivity contribution in [2.45, 2.75) is 82.8 Å². The van der Waals surface area contributed by atoms with Gasteiger partial charge in [-0.25, -0.2) is 4.79 Å². The number of halogens is 3. The summed E-state index contributed by atoms with van der Waals surface area (Å²) in [5, 5.41) is 0. The first-order chi connectivity index (χ1) is 10.9. The van der Waals surface area contributed by atoms with Gasteiger partial charge in [-0.15, -0.1) is 0 Å². The largest absolute Gasteiger partial charge is 0.471 e. The van der Waals surface area contributed by atoms with Gasteiger partial charge in [0.05, 0.1) is 0 Å².